The van der Waals surface area contributed by atoms with Crippen molar-refractivity contribution in [3.63, 3.8) is 0 Å². The van der Waals surface area contributed by atoms with E-state index < -0.39 is 12.2 Å². The van der Waals surface area contributed by atoms with Crippen molar-refractivity contribution < 1.29 is 23.1 Å². The molecule has 2 aliphatic rings. The summed E-state index contributed by atoms with van der Waals surface area (Å²) in [6, 6.07) is 8.35. The van der Waals surface area contributed by atoms with Crippen LogP contribution in [0.5, 0.6) is 0 Å². The second-order valence-corrected chi connectivity index (χ2v) is 8.03. The van der Waals surface area contributed by atoms with Crippen molar-refractivity contribution in [3.8, 4) is 0 Å². The number of nitrogens with zero attached hydrogens (tertiary/aromatic N) is 3. The SMILES string of the molecule is CC(=O)NC[C@H]1CN(c2ccc(N3CCN(Cc4ccc(Cl)o4)CC3)c(F)c2)C(=O)O1. The first-order valence-electron chi connectivity index (χ1n) is 10.1. The Balaban J connectivity index is 1.35. The molecule has 3 heterocycles. The first kappa shape index (κ1) is 21.5. The number of anilines is 2. The zero-order chi connectivity index (χ0) is 22.0. The minimum absolute atomic E-state index is 0.196. The van der Waals surface area contributed by atoms with E-state index in [-0.39, 0.29) is 24.8 Å². The molecule has 0 unspecified atom stereocenters. The molecule has 2 fully saturated rings. The Kier molecular flexibility index (Phi) is 6.33. The smallest absolute Gasteiger partial charge is 0.414 e. The van der Waals surface area contributed by atoms with E-state index in [9.17, 15) is 14.0 Å². The zero-order valence-electron chi connectivity index (χ0n) is 17.1. The third kappa shape index (κ3) is 5.11. The van der Waals surface area contributed by atoms with Crippen LogP contribution in [0, 0.1) is 5.82 Å². The maximum atomic E-state index is 14.9. The van der Waals surface area contributed by atoms with E-state index >= 15 is 0 Å². The van der Waals surface area contributed by atoms with Gasteiger partial charge in [-0.15, -0.1) is 0 Å². The summed E-state index contributed by atoms with van der Waals surface area (Å²) in [6.45, 7) is 5.43. The normalized spacial score (nSPS) is 19.6. The van der Waals surface area contributed by atoms with Gasteiger partial charge in [-0.2, -0.15) is 0 Å². The van der Waals surface area contributed by atoms with E-state index in [2.05, 4.69) is 10.2 Å². The lowest BCUT2D eigenvalue weighted by atomic mass is 10.2. The molecule has 2 saturated heterocycles. The fourth-order valence-electron chi connectivity index (χ4n) is 3.82. The molecule has 2 aromatic rings. The van der Waals surface area contributed by atoms with Gasteiger partial charge in [-0.1, -0.05) is 0 Å². The van der Waals surface area contributed by atoms with Gasteiger partial charge < -0.3 is 19.4 Å². The highest BCUT2D eigenvalue weighted by Gasteiger charge is 2.33. The van der Waals surface area contributed by atoms with Crippen LogP contribution in [-0.4, -0.2) is 62.3 Å². The van der Waals surface area contributed by atoms with Crippen LogP contribution in [0.4, 0.5) is 20.6 Å². The molecule has 2 aliphatic heterocycles. The Morgan fingerprint density at radius 3 is 2.65 bits per heavy atom. The number of halogens is 2. The van der Waals surface area contributed by atoms with Crippen LogP contribution in [0.15, 0.2) is 34.7 Å². The van der Waals surface area contributed by atoms with Gasteiger partial charge in [-0.05, 0) is 41.9 Å². The molecular formula is C21H24ClFN4O4. The van der Waals surface area contributed by atoms with Gasteiger partial charge in [0.2, 0.25) is 5.91 Å². The molecule has 1 aromatic heterocycles. The molecule has 0 bridgehead atoms. The van der Waals surface area contributed by atoms with Gasteiger partial charge in [0.1, 0.15) is 17.7 Å². The van der Waals surface area contributed by atoms with E-state index in [1.807, 2.05) is 11.0 Å². The number of hydrogen-bond donors (Lipinski definition) is 1. The van der Waals surface area contributed by atoms with E-state index in [1.54, 1.807) is 18.2 Å². The summed E-state index contributed by atoms with van der Waals surface area (Å²) in [4.78, 5) is 28.8. The molecule has 0 saturated carbocycles. The lowest BCUT2D eigenvalue weighted by molar-refractivity contribution is -0.119. The largest absolute Gasteiger partial charge is 0.448 e. The average molecular weight is 451 g/mol. The van der Waals surface area contributed by atoms with Crippen LogP contribution in [0.1, 0.15) is 12.7 Å². The Bertz CT molecular complexity index is 961. The van der Waals surface area contributed by atoms with Crippen molar-refractivity contribution in [3.05, 3.63) is 47.1 Å². The van der Waals surface area contributed by atoms with Crippen LogP contribution < -0.4 is 15.1 Å². The summed E-state index contributed by atoms with van der Waals surface area (Å²) in [5.41, 5.74) is 0.941. The molecule has 0 radical (unpaired) electrons. The number of furan rings is 1. The van der Waals surface area contributed by atoms with Gasteiger partial charge in [-0.3, -0.25) is 14.6 Å². The van der Waals surface area contributed by atoms with Gasteiger partial charge >= 0.3 is 6.09 Å². The molecule has 8 nitrogen and oxygen atoms in total. The molecule has 166 valence electrons. The summed E-state index contributed by atoms with van der Waals surface area (Å²) in [6.07, 6.45) is -1.01. The number of cyclic esters (lactones) is 1. The number of piperazine rings is 1. The van der Waals surface area contributed by atoms with E-state index in [1.165, 1.54) is 17.9 Å². The van der Waals surface area contributed by atoms with Crippen molar-refractivity contribution in [1.82, 2.24) is 10.2 Å². The second kappa shape index (κ2) is 9.15. The molecular weight excluding hydrogens is 427 g/mol. The number of hydrogen-bond acceptors (Lipinski definition) is 6. The summed E-state index contributed by atoms with van der Waals surface area (Å²) >= 11 is 5.82. The summed E-state index contributed by atoms with van der Waals surface area (Å²) in [5, 5.41) is 3.00. The Labute approximate surface area is 184 Å². The van der Waals surface area contributed by atoms with Crippen molar-refractivity contribution in [1.29, 1.82) is 0 Å². The van der Waals surface area contributed by atoms with Gasteiger partial charge in [-0.25, -0.2) is 9.18 Å². The number of benzene rings is 1. The maximum absolute atomic E-state index is 14.9. The standard InChI is InChI=1S/C21H24ClFN4O4/c1-14(28)24-11-17-13-27(21(29)31-17)15-2-4-19(18(23)10-15)26-8-6-25(7-9-26)12-16-3-5-20(22)30-16/h2-5,10,17H,6-9,11-13H2,1H3,(H,24,28)/t17-/m0/s1. The van der Waals surface area contributed by atoms with Crippen molar-refractivity contribution in [2.75, 3.05) is 49.1 Å². The predicted octanol–water partition coefficient (Wildman–Crippen LogP) is 2.86. The van der Waals surface area contributed by atoms with Crippen LogP contribution >= 0.6 is 11.6 Å². The minimum Gasteiger partial charge on any atom is -0.448 e. The number of amides is 2. The van der Waals surface area contributed by atoms with Crippen LogP contribution in [0.2, 0.25) is 5.22 Å². The molecule has 1 aromatic carbocycles. The molecule has 2 amide bonds. The molecule has 10 heteroatoms. The maximum Gasteiger partial charge on any atom is 0.414 e. The number of nitrogens with one attached hydrogen (secondary N) is 1. The Morgan fingerprint density at radius 1 is 1.23 bits per heavy atom. The number of carbonyl (C=O) groups excluding carboxylic acids is 2. The highest BCUT2D eigenvalue weighted by atomic mass is 35.5. The topological polar surface area (TPSA) is 78.3 Å². The quantitative estimate of drug-likeness (QED) is 0.729. The van der Waals surface area contributed by atoms with Gasteiger partial charge in [0.05, 0.1) is 31.0 Å². The second-order valence-electron chi connectivity index (χ2n) is 7.66. The molecule has 0 spiro atoms. The summed E-state index contributed by atoms with van der Waals surface area (Å²) in [7, 11) is 0. The van der Waals surface area contributed by atoms with Crippen LogP contribution in [-0.2, 0) is 16.1 Å². The third-order valence-electron chi connectivity index (χ3n) is 5.42. The highest BCUT2D eigenvalue weighted by molar-refractivity contribution is 6.28. The highest BCUT2D eigenvalue weighted by Crippen LogP contribution is 2.28. The van der Waals surface area contributed by atoms with E-state index in [0.717, 1.165) is 18.8 Å². The van der Waals surface area contributed by atoms with Gasteiger partial charge in [0.25, 0.3) is 0 Å². The summed E-state index contributed by atoms with van der Waals surface area (Å²) < 4.78 is 25.5. The lowest BCUT2D eigenvalue weighted by Gasteiger charge is -2.36. The van der Waals surface area contributed by atoms with Crippen molar-refractivity contribution >= 4 is 35.0 Å². The average Bonchev–Trinajstić information content (AvgIpc) is 3.32. The molecule has 1 atom stereocenters. The first-order valence-corrected chi connectivity index (χ1v) is 10.5. The van der Waals surface area contributed by atoms with E-state index in [0.29, 0.717) is 36.2 Å². The number of rotatable bonds is 6. The summed E-state index contributed by atoms with van der Waals surface area (Å²) in [5.74, 6) is 0.225. The number of carbonyl (C=O) groups is 2. The molecule has 4 rings (SSSR count). The first-order chi connectivity index (χ1) is 14.9. The van der Waals surface area contributed by atoms with Crippen molar-refractivity contribution in [2.45, 2.75) is 19.6 Å². The molecule has 31 heavy (non-hydrogen) atoms. The zero-order valence-corrected chi connectivity index (χ0v) is 17.9. The van der Waals surface area contributed by atoms with Gasteiger partial charge in [0, 0.05) is 33.1 Å². The molecule has 1 N–H and O–H groups in total. The third-order valence-corrected chi connectivity index (χ3v) is 5.62. The minimum atomic E-state index is -0.547. The fourth-order valence-corrected chi connectivity index (χ4v) is 3.98. The lowest BCUT2D eigenvalue weighted by Crippen LogP contribution is -2.46. The van der Waals surface area contributed by atoms with Crippen LogP contribution in [0.25, 0.3) is 0 Å². The fraction of sp³-hybridized carbons (Fsp3) is 0.429. The monoisotopic (exact) mass is 450 g/mol. The Morgan fingerprint density at radius 2 is 2.00 bits per heavy atom. The van der Waals surface area contributed by atoms with Crippen molar-refractivity contribution in [2.24, 2.45) is 0 Å². The Hall–Kier alpha value is -2.78. The van der Waals surface area contributed by atoms with Crippen LogP contribution in [0.3, 0.4) is 0 Å². The molecule has 0 aliphatic carbocycles. The van der Waals surface area contributed by atoms with E-state index in [4.69, 9.17) is 20.8 Å². The van der Waals surface area contributed by atoms with Gasteiger partial charge in [0.15, 0.2) is 5.22 Å². The predicted molar refractivity (Wildman–Crippen MR) is 114 cm³/mol. The number of ether oxygens (including phenoxy) is 1.